The summed E-state index contributed by atoms with van der Waals surface area (Å²) in [6.45, 7) is 5.53. The van der Waals surface area contributed by atoms with Gasteiger partial charge in [0.05, 0.1) is 13.2 Å². The molecule has 0 atom stereocenters. The highest BCUT2D eigenvalue weighted by Gasteiger charge is 2.24. The van der Waals surface area contributed by atoms with Gasteiger partial charge in [0.15, 0.2) is 0 Å². The lowest BCUT2D eigenvalue weighted by Crippen LogP contribution is -2.28. The Kier molecular flexibility index (Phi) is 5.96. The molecule has 1 amide bonds. The first-order valence-corrected chi connectivity index (χ1v) is 9.13. The number of hydrogen-bond donors (Lipinski definition) is 1. The second-order valence-corrected chi connectivity index (χ2v) is 6.12. The van der Waals surface area contributed by atoms with Crippen molar-refractivity contribution in [2.24, 2.45) is 0 Å². The number of carbonyl (C=O) groups excluding carboxylic acids is 2. The third kappa shape index (κ3) is 4.29. The summed E-state index contributed by atoms with van der Waals surface area (Å²) in [5.41, 5.74) is 0.0583. The number of esters is 1. The van der Waals surface area contributed by atoms with E-state index in [0.717, 1.165) is 4.57 Å². The summed E-state index contributed by atoms with van der Waals surface area (Å²) in [5, 5.41) is 2.70. The number of nitrogens with zero attached hydrogens (tertiary/aromatic N) is 2. The fourth-order valence-electron chi connectivity index (χ4n) is 2.86. The fourth-order valence-corrected chi connectivity index (χ4v) is 2.86. The molecule has 0 saturated heterocycles. The van der Waals surface area contributed by atoms with Crippen LogP contribution < -0.4 is 15.6 Å². The maximum Gasteiger partial charge on any atom is 0.342 e. The first-order valence-electron chi connectivity index (χ1n) is 9.13. The number of anilines is 1. The number of hydrogen-bond acceptors (Lipinski definition) is 7. The molecule has 1 N–H and O–H groups in total. The molecule has 3 aromatic rings. The largest absolute Gasteiger partial charge is 0.494 e. The molecule has 0 saturated carbocycles. The zero-order valence-electron chi connectivity index (χ0n) is 16.4. The van der Waals surface area contributed by atoms with E-state index in [1.807, 2.05) is 6.92 Å². The van der Waals surface area contributed by atoms with Crippen molar-refractivity contribution in [1.82, 2.24) is 9.55 Å². The van der Waals surface area contributed by atoms with Crippen LogP contribution in [0.2, 0.25) is 0 Å². The Morgan fingerprint density at radius 2 is 1.90 bits per heavy atom. The van der Waals surface area contributed by atoms with Gasteiger partial charge in [0.2, 0.25) is 11.6 Å². The predicted octanol–water partition coefficient (Wildman–Crippen LogP) is 2.51. The van der Waals surface area contributed by atoms with E-state index in [9.17, 15) is 14.4 Å². The number of furan rings is 1. The zero-order valence-corrected chi connectivity index (χ0v) is 16.4. The summed E-state index contributed by atoms with van der Waals surface area (Å²) in [6, 6.07) is 6.87. The summed E-state index contributed by atoms with van der Waals surface area (Å²) in [7, 11) is 0. The van der Waals surface area contributed by atoms with Crippen molar-refractivity contribution in [1.29, 1.82) is 0 Å². The number of carbonyl (C=O) groups is 2. The van der Waals surface area contributed by atoms with Crippen LogP contribution in [0.5, 0.6) is 5.75 Å². The van der Waals surface area contributed by atoms with Gasteiger partial charge in [-0.25, -0.2) is 9.78 Å². The number of fused-ring (bicyclic) bond motifs is 1. The topological polar surface area (TPSA) is 113 Å². The Balaban J connectivity index is 1.83. The van der Waals surface area contributed by atoms with E-state index < -0.39 is 17.4 Å². The Bertz CT molecular complexity index is 1100. The number of aryl methyl sites for hydroxylation is 1. The number of amides is 1. The lowest BCUT2D eigenvalue weighted by molar-refractivity contribution is -0.116. The van der Waals surface area contributed by atoms with Crippen LogP contribution in [0.15, 0.2) is 39.8 Å². The predicted molar refractivity (Wildman–Crippen MR) is 105 cm³/mol. The number of rotatable bonds is 7. The normalized spacial score (nSPS) is 10.7. The monoisotopic (exact) mass is 399 g/mol. The molecule has 0 aliphatic carbocycles. The molecule has 9 heteroatoms. The highest BCUT2D eigenvalue weighted by Crippen LogP contribution is 2.22. The van der Waals surface area contributed by atoms with Crippen molar-refractivity contribution in [3.8, 4) is 5.75 Å². The van der Waals surface area contributed by atoms with Crippen LogP contribution in [-0.2, 0) is 16.1 Å². The molecule has 9 nitrogen and oxygen atoms in total. The molecule has 0 spiro atoms. The Morgan fingerprint density at radius 3 is 2.55 bits per heavy atom. The van der Waals surface area contributed by atoms with Crippen LogP contribution >= 0.6 is 0 Å². The van der Waals surface area contributed by atoms with Crippen molar-refractivity contribution in [2.75, 3.05) is 18.5 Å². The molecule has 1 aromatic carbocycles. The minimum atomic E-state index is -0.667. The Labute approximate surface area is 166 Å². The van der Waals surface area contributed by atoms with Gasteiger partial charge in [0.25, 0.3) is 5.56 Å². The summed E-state index contributed by atoms with van der Waals surface area (Å²) >= 11 is 0. The van der Waals surface area contributed by atoms with Gasteiger partial charge >= 0.3 is 5.97 Å². The molecule has 29 heavy (non-hydrogen) atoms. The molecule has 152 valence electrons. The van der Waals surface area contributed by atoms with E-state index in [0.29, 0.717) is 18.0 Å². The van der Waals surface area contributed by atoms with Gasteiger partial charge < -0.3 is 19.2 Å². The molecule has 3 rings (SSSR count). The molecule has 0 bridgehead atoms. The minimum Gasteiger partial charge on any atom is -0.494 e. The van der Waals surface area contributed by atoms with Gasteiger partial charge in [0, 0.05) is 5.69 Å². The van der Waals surface area contributed by atoms with Crippen molar-refractivity contribution < 1.29 is 23.5 Å². The van der Waals surface area contributed by atoms with Crippen molar-refractivity contribution in [3.05, 3.63) is 52.3 Å². The average Bonchev–Trinajstić information content (AvgIpc) is 3.03. The molecule has 0 radical (unpaired) electrons. The van der Waals surface area contributed by atoms with Crippen molar-refractivity contribution in [2.45, 2.75) is 27.3 Å². The van der Waals surface area contributed by atoms with Crippen molar-refractivity contribution in [3.63, 3.8) is 0 Å². The first-order chi connectivity index (χ1) is 13.9. The standard InChI is InChI=1S/C20H21N3O6/c1-4-27-14-8-6-13(7-9-14)22-15(24)10-23-11-21-18-17(19(23)25)16(12(3)29-18)20(26)28-5-2/h6-9,11H,4-5,10H2,1-3H3,(H,22,24). The third-order valence-corrected chi connectivity index (χ3v) is 4.10. The lowest BCUT2D eigenvalue weighted by Gasteiger charge is -2.08. The maximum absolute atomic E-state index is 12.8. The van der Waals surface area contributed by atoms with E-state index in [1.165, 1.54) is 6.33 Å². The highest BCUT2D eigenvalue weighted by molar-refractivity contribution is 6.03. The third-order valence-electron chi connectivity index (χ3n) is 4.10. The molecule has 2 heterocycles. The van der Waals surface area contributed by atoms with Crippen LogP contribution in [0.25, 0.3) is 11.1 Å². The quantitative estimate of drug-likeness (QED) is 0.607. The second-order valence-electron chi connectivity index (χ2n) is 6.12. The summed E-state index contributed by atoms with van der Waals surface area (Å²) in [4.78, 5) is 41.4. The van der Waals surface area contributed by atoms with E-state index in [-0.39, 0.29) is 35.6 Å². The number of nitrogens with one attached hydrogen (secondary N) is 1. The average molecular weight is 399 g/mol. The van der Waals surface area contributed by atoms with E-state index in [1.54, 1.807) is 38.1 Å². The minimum absolute atomic E-state index is 0.00248. The maximum atomic E-state index is 12.8. The highest BCUT2D eigenvalue weighted by atomic mass is 16.5. The zero-order chi connectivity index (χ0) is 21.0. The van der Waals surface area contributed by atoms with Crippen LogP contribution in [0, 0.1) is 6.92 Å². The van der Waals surface area contributed by atoms with E-state index >= 15 is 0 Å². The lowest BCUT2D eigenvalue weighted by atomic mass is 10.2. The second kappa shape index (κ2) is 8.59. The number of benzene rings is 1. The summed E-state index contributed by atoms with van der Waals surface area (Å²) in [5.74, 6) is -0.160. The molecular weight excluding hydrogens is 378 g/mol. The van der Waals surface area contributed by atoms with Gasteiger partial charge in [0.1, 0.15) is 35.3 Å². The van der Waals surface area contributed by atoms with Gasteiger partial charge in [-0.3, -0.25) is 14.2 Å². The SMILES string of the molecule is CCOC(=O)c1c(C)oc2ncn(CC(=O)Nc3ccc(OCC)cc3)c(=O)c12. The Hall–Kier alpha value is -3.62. The van der Waals surface area contributed by atoms with Crippen LogP contribution in [0.1, 0.15) is 30.0 Å². The van der Waals surface area contributed by atoms with Crippen LogP contribution in [0.4, 0.5) is 5.69 Å². The summed E-state index contributed by atoms with van der Waals surface area (Å²) in [6.07, 6.45) is 1.21. The fraction of sp³-hybridized carbons (Fsp3) is 0.300. The summed E-state index contributed by atoms with van der Waals surface area (Å²) < 4.78 is 16.9. The molecule has 0 fully saturated rings. The van der Waals surface area contributed by atoms with Crippen molar-refractivity contribution >= 4 is 28.7 Å². The Morgan fingerprint density at radius 1 is 1.17 bits per heavy atom. The molecule has 0 unspecified atom stereocenters. The smallest absolute Gasteiger partial charge is 0.342 e. The first kappa shape index (κ1) is 20.1. The molecule has 2 aromatic heterocycles. The van der Waals surface area contributed by atoms with Gasteiger partial charge in [-0.05, 0) is 45.0 Å². The van der Waals surface area contributed by atoms with Gasteiger partial charge in [-0.1, -0.05) is 0 Å². The molecule has 0 aliphatic heterocycles. The van der Waals surface area contributed by atoms with Gasteiger partial charge in [-0.2, -0.15) is 0 Å². The number of aromatic nitrogens is 2. The molecular formula is C20H21N3O6. The van der Waals surface area contributed by atoms with Crippen LogP contribution in [-0.4, -0.2) is 34.6 Å². The van der Waals surface area contributed by atoms with E-state index in [2.05, 4.69) is 10.3 Å². The number of ether oxygens (including phenoxy) is 2. The van der Waals surface area contributed by atoms with Gasteiger partial charge in [-0.15, -0.1) is 0 Å². The molecule has 0 aliphatic rings. The van der Waals surface area contributed by atoms with Crippen LogP contribution in [0.3, 0.4) is 0 Å². The van der Waals surface area contributed by atoms with E-state index in [4.69, 9.17) is 13.9 Å².